The van der Waals surface area contributed by atoms with Gasteiger partial charge >= 0.3 is 10.2 Å². The summed E-state index contributed by atoms with van der Waals surface area (Å²) in [5, 5.41) is 2.95. The fourth-order valence-corrected chi connectivity index (χ4v) is 5.51. The Morgan fingerprint density at radius 2 is 1.84 bits per heavy atom. The predicted molar refractivity (Wildman–Crippen MR) is 122 cm³/mol. The van der Waals surface area contributed by atoms with Crippen LogP contribution >= 0.6 is 0 Å². The van der Waals surface area contributed by atoms with Gasteiger partial charge in [-0.25, -0.2) is 0 Å². The summed E-state index contributed by atoms with van der Waals surface area (Å²) < 4.78 is 35.0. The van der Waals surface area contributed by atoms with E-state index in [1.54, 1.807) is 24.3 Å². The van der Waals surface area contributed by atoms with Crippen LogP contribution in [0.25, 0.3) is 0 Å². The molecule has 1 heterocycles. The Kier molecular flexibility index (Phi) is 7.92. The summed E-state index contributed by atoms with van der Waals surface area (Å²) in [7, 11) is -3.74. The molecule has 1 fully saturated rings. The van der Waals surface area contributed by atoms with Gasteiger partial charge in [0.15, 0.2) is 0 Å². The summed E-state index contributed by atoms with van der Waals surface area (Å²) in [6, 6.07) is 16.7. The number of benzene rings is 2. The fourth-order valence-electron chi connectivity index (χ4n) is 3.79. The molecule has 0 bridgehead atoms. The van der Waals surface area contributed by atoms with Gasteiger partial charge in [-0.3, -0.25) is 9.10 Å². The van der Waals surface area contributed by atoms with Crippen molar-refractivity contribution in [2.24, 2.45) is 5.92 Å². The van der Waals surface area contributed by atoms with Crippen LogP contribution in [0.15, 0.2) is 54.6 Å². The number of hydrogen-bond donors (Lipinski definition) is 1. The maximum Gasteiger partial charge on any atom is 0.304 e. The van der Waals surface area contributed by atoms with Crippen LogP contribution in [0.5, 0.6) is 5.75 Å². The summed E-state index contributed by atoms with van der Waals surface area (Å²) >= 11 is 0. The first-order valence-electron chi connectivity index (χ1n) is 10.8. The topological polar surface area (TPSA) is 79.0 Å². The highest BCUT2D eigenvalue weighted by Crippen LogP contribution is 2.27. The summed E-state index contributed by atoms with van der Waals surface area (Å²) in [5.41, 5.74) is 1.60. The maximum absolute atomic E-state index is 13.4. The third-order valence-corrected chi connectivity index (χ3v) is 7.40. The van der Waals surface area contributed by atoms with Crippen LogP contribution in [0.1, 0.15) is 32.3 Å². The Balaban J connectivity index is 1.67. The highest BCUT2D eigenvalue weighted by atomic mass is 32.2. The van der Waals surface area contributed by atoms with E-state index >= 15 is 0 Å². The van der Waals surface area contributed by atoms with Gasteiger partial charge < -0.3 is 10.1 Å². The SMILES string of the molecule is CCOc1ccc(N(CC)S(=O)(=O)N2CCC[C@@H](C(=O)NCc3ccccc3)C2)cc1. The normalized spacial score (nSPS) is 17.2. The zero-order valence-electron chi connectivity index (χ0n) is 18.2. The molecule has 168 valence electrons. The molecule has 31 heavy (non-hydrogen) atoms. The smallest absolute Gasteiger partial charge is 0.304 e. The van der Waals surface area contributed by atoms with Crippen molar-refractivity contribution in [1.29, 1.82) is 0 Å². The molecule has 0 unspecified atom stereocenters. The van der Waals surface area contributed by atoms with Gasteiger partial charge in [0.05, 0.1) is 18.2 Å². The van der Waals surface area contributed by atoms with Crippen LogP contribution < -0.4 is 14.4 Å². The van der Waals surface area contributed by atoms with E-state index < -0.39 is 10.2 Å². The van der Waals surface area contributed by atoms with E-state index in [1.807, 2.05) is 44.2 Å². The van der Waals surface area contributed by atoms with E-state index in [0.29, 0.717) is 50.5 Å². The van der Waals surface area contributed by atoms with E-state index in [0.717, 1.165) is 5.56 Å². The molecule has 2 aromatic rings. The van der Waals surface area contributed by atoms with Crippen molar-refractivity contribution in [2.45, 2.75) is 33.2 Å². The molecule has 1 amide bonds. The second kappa shape index (κ2) is 10.6. The van der Waals surface area contributed by atoms with Gasteiger partial charge in [-0.05, 0) is 56.5 Å². The zero-order valence-corrected chi connectivity index (χ0v) is 19.0. The van der Waals surface area contributed by atoms with Crippen molar-refractivity contribution in [2.75, 3.05) is 30.5 Å². The first-order valence-corrected chi connectivity index (χ1v) is 12.2. The zero-order chi connectivity index (χ0) is 22.3. The van der Waals surface area contributed by atoms with Crippen molar-refractivity contribution >= 4 is 21.8 Å². The highest BCUT2D eigenvalue weighted by Gasteiger charge is 2.35. The average Bonchev–Trinajstić information content (AvgIpc) is 2.80. The fraction of sp³-hybridized carbons (Fsp3) is 0.435. The van der Waals surface area contributed by atoms with E-state index in [1.165, 1.54) is 8.61 Å². The maximum atomic E-state index is 13.4. The molecule has 2 aromatic carbocycles. The van der Waals surface area contributed by atoms with Crippen LogP contribution in [0.4, 0.5) is 5.69 Å². The molecule has 1 atom stereocenters. The third kappa shape index (κ3) is 5.77. The standard InChI is InChI=1S/C23H31N3O4S/c1-3-26(21-12-14-22(15-13-21)30-4-2)31(28,29)25-16-8-11-20(18-25)23(27)24-17-19-9-6-5-7-10-19/h5-7,9-10,12-15,20H,3-4,8,11,16-18H2,1-2H3,(H,24,27)/t20-/m1/s1. The lowest BCUT2D eigenvalue weighted by atomic mass is 9.99. The summed E-state index contributed by atoms with van der Waals surface area (Å²) in [6.45, 7) is 5.61. The van der Waals surface area contributed by atoms with Crippen molar-refractivity contribution in [3.05, 3.63) is 60.2 Å². The van der Waals surface area contributed by atoms with Crippen LogP contribution in [0.2, 0.25) is 0 Å². The van der Waals surface area contributed by atoms with Gasteiger partial charge in [0.2, 0.25) is 5.91 Å². The number of nitrogens with one attached hydrogen (secondary N) is 1. The molecule has 0 aromatic heterocycles. The summed E-state index contributed by atoms with van der Waals surface area (Å²) in [4.78, 5) is 12.7. The number of rotatable bonds is 9. The molecule has 1 aliphatic heterocycles. The first kappa shape index (κ1) is 23.1. The van der Waals surface area contributed by atoms with Gasteiger partial charge in [-0.1, -0.05) is 30.3 Å². The quantitative estimate of drug-likeness (QED) is 0.643. The first-order chi connectivity index (χ1) is 15.0. The molecule has 3 rings (SSSR count). The second-order valence-electron chi connectivity index (χ2n) is 7.50. The Bertz CT molecular complexity index is 949. The number of hydrogen-bond acceptors (Lipinski definition) is 4. The monoisotopic (exact) mass is 445 g/mol. The number of anilines is 1. The van der Waals surface area contributed by atoms with E-state index in [9.17, 15) is 13.2 Å². The van der Waals surface area contributed by atoms with Crippen molar-refractivity contribution < 1.29 is 17.9 Å². The number of piperidine rings is 1. The van der Waals surface area contributed by atoms with Crippen molar-refractivity contribution in [1.82, 2.24) is 9.62 Å². The molecule has 1 aliphatic rings. The van der Waals surface area contributed by atoms with Crippen LogP contribution in [-0.4, -0.2) is 44.9 Å². The average molecular weight is 446 g/mol. The minimum Gasteiger partial charge on any atom is -0.494 e. The molecule has 8 heteroatoms. The Morgan fingerprint density at radius 1 is 1.13 bits per heavy atom. The molecular weight excluding hydrogens is 414 g/mol. The molecule has 7 nitrogen and oxygen atoms in total. The Morgan fingerprint density at radius 3 is 2.48 bits per heavy atom. The van der Waals surface area contributed by atoms with Crippen molar-refractivity contribution in [3.8, 4) is 5.75 Å². The minimum absolute atomic E-state index is 0.104. The number of ether oxygens (including phenoxy) is 1. The van der Waals surface area contributed by atoms with Crippen LogP contribution in [0.3, 0.4) is 0 Å². The molecular formula is C23H31N3O4S. The molecule has 1 N–H and O–H groups in total. The summed E-state index contributed by atoms with van der Waals surface area (Å²) in [5.74, 6) is 0.243. The lowest BCUT2D eigenvalue weighted by molar-refractivity contribution is -0.126. The lowest BCUT2D eigenvalue weighted by Crippen LogP contribution is -2.50. The van der Waals surface area contributed by atoms with Crippen molar-refractivity contribution in [3.63, 3.8) is 0 Å². The van der Waals surface area contributed by atoms with Gasteiger partial charge in [-0.2, -0.15) is 12.7 Å². The number of nitrogens with zero attached hydrogens (tertiary/aromatic N) is 2. The molecule has 0 aliphatic carbocycles. The lowest BCUT2D eigenvalue weighted by Gasteiger charge is -2.35. The van der Waals surface area contributed by atoms with Gasteiger partial charge in [0.25, 0.3) is 0 Å². The molecule has 0 spiro atoms. The van der Waals surface area contributed by atoms with Gasteiger partial charge in [0.1, 0.15) is 5.75 Å². The molecule has 0 radical (unpaired) electrons. The van der Waals surface area contributed by atoms with Crippen LogP contribution in [0, 0.1) is 5.92 Å². The second-order valence-corrected chi connectivity index (χ2v) is 9.35. The van der Waals surface area contributed by atoms with E-state index in [4.69, 9.17) is 4.74 Å². The highest BCUT2D eigenvalue weighted by molar-refractivity contribution is 7.90. The number of carbonyl (C=O) groups is 1. The largest absolute Gasteiger partial charge is 0.494 e. The van der Waals surface area contributed by atoms with Crippen LogP contribution in [-0.2, 0) is 21.5 Å². The molecule has 0 saturated carbocycles. The number of carbonyl (C=O) groups excluding carboxylic acids is 1. The van der Waals surface area contributed by atoms with E-state index in [2.05, 4.69) is 5.32 Å². The molecule has 1 saturated heterocycles. The van der Waals surface area contributed by atoms with E-state index in [-0.39, 0.29) is 18.4 Å². The van der Waals surface area contributed by atoms with Gasteiger partial charge in [-0.15, -0.1) is 0 Å². The third-order valence-electron chi connectivity index (χ3n) is 5.39. The Labute approximate surface area is 185 Å². The minimum atomic E-state index is -3.74. The number of amides is 1. The Hall–Kier alpha value is -2.58. The predicted octanol–water partition coefficient (Wildman–Crippen LogP) is 3.18. The summed E-state index contributed by atoms with van der Waals surface area (Å²) in [6.07, 6.45) is 1.34. The van der Waals surface area contributed by atoms with Gasteiger partial charge in [0, 0.05) is 26.2 Å².